The average molecular weight is 241 g/mol. The Bertz CT molecular complexity index is 203. The molecule has 2 heteroatoms. The molecule has 17 heavy (non-hydrogen) atoms. The molecule has 0 aromatic heterocycles. The minimum atomic E-state index is 0.471. The van der Waals surface area contributed by atoms with Crippen LogP contribution in [0, 0.1) is 17.8 Å². The van der Waals surface area contributed by atoms with Crippen molar-refractivity contribution in [2.24, 2.45) is 17.8 Å². The summed E-state index contributed by atoms with van der Waals surface area (Å²) in [6.45, 7) is 13.6. The van der Waals surface area contributed by atoms with Crippen molar-refractivity contribution in [1.29, 1.82) is 0 Å². The molecular formula is C15H31NO. The Balaban J connectivity index is 2.54. The van der Waals surface area contributed by atoms with Crippen LogP contribution in [0.3, 0.4) is 0 Å². The molecule has 0 aromatic carbocycles. The first-order chi connectivity index (χ1) is 8.06. The molecule has 1 N–H and O–H groups in total. The molecule has 0 bridgehead atoms. The molecule has 0 amide bonds. The zero-order valence-electron chi connectivity index (χ0n) is 12.3. The third-order valence-corrected chi connectivity index (χ3v) is 3.96. The van der Waals surface area contributed by atoms with Crippen LogP contribution in [0.25, 0.3) is 0 Å². The largest absolute Gasteiger partial charge is 0.378 e. The van der Waals surface area contributed by atoms with Crippen LogP contribution in [-0.2, 0) is 4.74 Å². The number of hydrogen-bond donors (Lipinski definition) is 1. The van der Waals surface area contributed by atoms with Gasteiger partial charge in [0.2, 0.25) is 0 Å². The Morgan fingerprint density at radius 1 is 1.24 bits per heavy atom. The normalized spacial score (nSPS) is 27.7. The second-order valence-corrected chi connectivity index (χ2v) is 6.16. The summed E-state index contributed by atoms with van der Waals surface area (Å²) < 4.78 is 5.88. The van der Waals surface area contributed by atoms with E-state index in [1.807, 2.05) is 0 Å². The molecule has 1 fully saturated rings. The minimum Gasteiger partial charge on any atom is -0.378 e. The Morgan fingerprint density at radius 3 is 2.47 bits per heavy atom. The second-order valence-electron chi connectivity index (χ2n) is 6.16. The van der Waals surface area contributed by atoms with E-state index in [-0.39, 0.29) is 0 Å². The van der Waals surface area contributed by atoms with Gasteiger partial charge in [-0.1, -0.05) is 34.6 Å². The molecule has 1 rings (SSSR count). The fraction of sp³-hybridized carbons (Fsp3) is 1.00. The van der Waals surface area contributed by atoms with Gasteiger partial charge in [0.05, 0.1) is 6.10 Å². The van der Waals surface area contributed by atoms with E-state index < -0.39 is 0 Å². The molecule has 1 saturated heterocycles. The number of hydrogen-bond acceptors (Lipinski definition) is 2. The van der Waals surface area contributed by atoms with Crippen LogP contribution in [-0.4, -0.2) is 25.3 Å². The first-order valence-electron chi connectivity index (χ1n) is 7.41. The summed E-state index contributed by atoms with van der Waals surface area (Å²) in [5, 5.41) is 3.74. The van der Waals surface area contributed by atoms with E-state index in [9.17, 15) is 0 Å². The maximum atomic E-state index is 5.88. The summed E-state index contributed by atoms with van der Waals surface area (Å²) in [5.41, 5.74) is 0. The van der Waals surface area contributed by atoms with Crippen LogP contribution in [0.2, 0.25) is 0 Å². The monoisotopic (exact) mass is 241 g/mol. The van der Waals surface area contributed by atoms with Crippen molar-refractivity contribution < 1.29 is 4.74 Å². The van der Waals surface area contributed by atoms with E-state index >= 15 is 0 Å². The molecule has 0 saturated carbocycles. The highest BCUT2D eigenvalue weighted by Crippen LogP contribution is 2.29. The van der Waals surface area contributed by atoms with Crippen molar-refractivity contribution in [1.82, 2.24) is 5.32 Å². The SMILES string of the molecule is CCCNC(C(C)C)C1CCOC(C(C)C)C1. The van der Waals surface area contributed by atoms with Crippen molar-refractivity contribution in [3.8, 4) is 0 Å². The average Bonchev–Trinajstić information content (AvgIpc) is 2.29. The molecule has 102 valence electrons. The predicted molar refractivity (Wildman–Crippen MR) is 74.2 cm³/mol. The molecule has 1 aliphatic heterocycles. The zero-order chi connectivity index (χ0) is 12.8. The fourth-order valence-electron chi connectivity index (χ4n) is 2.90. The van der Waals surface area contributed by atoms with Gasteiger partial charge < -0.3 is 10.1 Å². The maximum absolute atomic E-state index is 5.88. The second kappa shape index (κ2) is 7.38. The molecular weight excluding hydrogens is 210 g/mol. The van der Waals surface area contributed by atoms with Crippen molar-refractivity contribution >= 4 is 0 Å². The number of nitrogens with one attached hydrogen (secondary N) is 1. The van der Waals surface area contributed by atoms with Crippen LogP contribution >= 0.6 is 0 Å². The van der Waals surface area contributed by atoms with Gasteiger partial charge in [0.1, 0.15) is 0 Å². The quantitative estimate of drug-likeness (QED) is 0.769. The molecule has 3 atom stereocenters. The van der Waals surface area contributed by atoms with Gasteiger partial charge in [0.25, 0.3) is 0 Å². The van der Waals surface area contributed by atoms with Gasteiger partial charge in [-0.15, -0.1) is 0 Å². The van der Waals surface area contributed by atoms with Gasteiger partial charge in [-0.25, -0.2) is 0 Å². The van der Waals surface area contributed by atoms with Gasteiger partial charge in [0, 0.05) is 12.6 Å². The van der Waals surface area contributed by atoms with Crippen molar-refractivity contribution in [2.75, 3.05) is 13.2 Å². The highest BCUT2D eigenvalue weighted by molar-refractivity contribution is 4.84. The summed E-state index contributed by atoms with van der Waals surface area (Å²) in [5.74, 6) is 2.16. The summed E-state index contributed by atoms with van der Waals surface area (Å²) in [6, 6.07) is 0.667. The van der Waals surface area contributed by atoms with Crippen LogP contribution in [0.15, 0.2) is 0 Å². The summed E-state index contributed by atoms with van der Waals surface area (Å²) in [7, 11) is 0. The van der Waals surface area contributed by atoms with Crippen molar-refractivity contribution in [3.05, 3.63) is 0 Å². The maximum Gasteiger partial charge on any atom is 0.0601 e. The lowest BCUT2D eigenvalue weighted by molar-refractivity contribution is -0.0442. The number of rotatable bonds is 6. The topological polar surface area (TPSA) is 21.3 Å². The summed E-state index contributed by atoms with van der Waals surface area (Å²) in [6.07, 6.45) is 4.15. The lowest BCUT2D eigenvalue weighted by atomic mass is 9.81. The lowest BCUT2D eigenvalue weighted by Crippen LogP contribution is -2.45. The molecule has 0 aliphatic carbocycles. The molecule has 0 aromatic rings. The molecule has 1 aliphatic rings. The first-order valence-corrected chi connectivity index (χ1v) is 7.41. The van der Waals surface area contributed by atoms with E-state index in [1.165, 1.54) is 19.3 Å². The Kier molecular flexibility index (Phi) is 6.50. The smallest absolute Gasteiger partial charge is 0.0601 e. The Hall–Kier alpha value is -0.0800. The van der Waals surface area contributed by atoms with Crippen molar-refractivity contribution in [3.63, 3.8) is 0 Å². The van der Waals surface area contributed by atoms with E-state index in [4.69, 9.17) is 4.74 Å². The fourth-order valence-corrected chi connectivity index (χ4v) is 2.90. The standard InChI is InChI=1S/C15H31NO/c1-6-8-16-15(12(4)5)13-7-9-17-14(10-13)11(2)3/h11-16H,6-10H2,1-5H3. The van der Waals surface area contributed by atoms with Gasteiger partial charge >= 0.3 is 0 Å². The third-order valence-electron chi connectivity index (χ3n) is 3.96. The van der Waals surface area contributed by atoms with Gasteiger partial charge in [-0.2, -0.15) is 0 Å². The van der Waals surface area contributed by atoms with Gasteiger partial charge in [0.15, 0.2) is 0 Å². The molecule has 1 heterocycles. The minimum absolute atomic E-state index is 0.471. The van der Waals surface area contributed by atoms with E-state index in [0.29, 0.717) is 18.1 Å². The molecule has 3 unspecified atom stereocenters. The zero-order valence-corrected chi connectivity index (χ0v) is 12.3. The van der Waals surface area contributed by atoms with Crippen molar-refractivity contribution in [2.45, 2.75) is 66.0 Å². The van der Waals surface area contributed by atoms with Crippen LogP contribution in [0.5, 0.6) is 0 Å². The Morgan fingerprint density at radius 2 is 1.94 bits per heavy atom. The lowest BCUT2D eigenvalue weighted by Gasteiger charge is -2.38. The summed E-state index contributed by atoms with van der Waals surface area (Å²) >= 11 is 0. The van der Waals surface area contributed by atoms with Crippen LogP contribution < -0.4 is 5.32 Å². The molecule has 0 spiro atoms. The first kappa shape index (κ1) is 15.0. The van der Waals surface area contributed by atoms with E-state index in [2.05, 4.69) is 39.9 Å². The summed E-state index contributed by atoms with van der Waals surface area (Å²) in [4.78, 5) is 0. The highest BCUT2D eigenvalue weighted by atomic mass is 16.5. The molecule has 2 nitrogen and oxygen atoms in total. The van der Waals surface area contributed by atoms with Crippen LogP contribution in [0.1, 0.15) is 53.9 Å². The van der Waals surface area contributed by atoms with E-state index in [0.717, 1.165) is 25.0 Å². The van der Waals surface area contributed by atoms with Gasteiger partial charge in [-0.3, -0.25) is 0 Å². The number of ether oxygens (including phenoxy) is 1. The van der Waals surface area contributed by atoms with E-state index in [1.54, 1.807) is 0 Å². The van der Waals surface area contributed by atoms with Gasteiger partial charge in [-0.05, 0) is 43.6 Å². The molecule has 0 radical (unpaired) electrons. The van der Waals surface area contributed by atoms with Crippen LogP contribution in [0.4, 0.5) is 0 Å². The third kappa shape index (κ3) is 4.59. The highest BCUT2D eigenvalue weighted by Gasteiger charge is 2.31. The Labute approximate surface area is 108 Å². The predicted octanol–water partition coefficient (Wildman–Crippen LogP) is 3.46.